The van der Waals surface area contributed by atoms with Crippen molar-refractivity contribution in [3.8, 4) is 0 Å². The van der Waals surface area contributed by atoms with E-state index in [1.54, 1.807) is 17.1 Å². The van der Waals surface area contributed by atoms with Crippen molar-refractivity contribution in [2.24, 2.45) is 0 Å². The average Bonchev–Trinajstić information content (AvgIpc) is 2.92. The molecular weight excluding hydrogens is 192 g/mol. The predicted molar refractivity (Wildman–Crippen MR) is 58.3 cm³/mol. The number of hydrogen-bond acceptors (Lipinski definition) is 4. The van der Waals surface area contributed by atoms with Gasteiger partial charge in [-0.3, -0.25) is 4.68 Å². The molecule has 15 heavy (non-hydrogen) atoms. The van der Waals surface area contributed by atoms with Crippen molar-refractivity contribution in [2.45, 2.75) is 31.5 Å². The molecule has 0 radical (unpaired) electrons. The molecule has 3 N–H and O–H groups in total. The number of aliphatic hydroxyl groups excluding tert-OH is 1. The first-order valence-electron chi connectivity index (χ1n) is 5.31. The normalized spacial score (nSPS) is 18.3. The van der Waals surface area contributed by atoms with E-state index in [-0.39, 0.29) is 6.10 Å². The molecule has 1 aromatic rings. The Bertz CT molecular complexity index is 321. The monoisotopic (exact) mass is 210 g/mol. The summed E-state index contributed by atoms with van der Waals surface area (Å²) in [5.41, 5.74) is 6.18. The Hall–Kier alpha value is -1.07. The highest BCUT2D eigenvalue weighted by Gasteiger charge is 2.27. The molecule has 1 aromatic heterocycles. The molecule has 84 valence electrons. The third-order valence-electron chi connectivity index (χ3n) is 2.72. The molecule has 1 saturated carbocycles. The molecule has 0 saturated heterocycles. The highest BCUT2D eigenvalue weighted by molar-refractivity contribution is 5.30. The fraction of sp³-hybridized carbons (Fsp3) is 0.700. The van der Waals surface area contributed by atoms with Crippen LogP contribution in [0.25, 0.3) is 0 Å². The molecule has 0 aromatic carbocycles. The number of aliphatic hydroxyl groups is 1. The highest BCUT2D eigenvalue weighted by Crippen LogP contribution is 2.25. The summed E-state index contributed by atoms with van der Waals surface area (Å²) in [6.45, 7) is 1.21. The van der Waals surface area contributed by atoms with Crippen LogP contribution in [0.2, 0.25) is 0 Å². The summed E-state index contributed by atoms with van der Waals surface area (Å²) in [5.74, 6) is 0. The van der Waals surface area contributed by atoms with Gasteiger partial charge < -0.3 is 15.7 Å². The van der Waals surface area contributed by atoms with Crippen molar-refractivity contribution in [1.29, 1.82) is 0 Å². The van der Waals surface area contributed by atoms with Crippen LogP contribution in [0.3, 0.4) is 0 Å². The maximum absolute atomic E-state index is 9.82. The lowest BCUT2D eigenvalue weighted by molar-refractivity contribution is 0.103. The van der Waals surface area contributed by atoms with E-state index in [1.165, 1.54) is 12.8 Å². The van der Waals surface area contributed by atoms with Gasteiger partial charge in [0.1, 0.15) is 0 Å². The Morgan fingerprint density at radius 3 is 3.00 bits per heavy atom. The zero-order valence-corrected chi connectivity index (χ0v) is 9.00. The summed E-state index contributed by atoms with van der Waals surface area (Å²) >= 11 is 0. The molecule has 5 heteroatoms. The van der Waals surface area contributed by atoms with Gasteiger partial charge in [0.25, 0.3) is 0 Å². The van der Waals surface area contributed by atoms with Gasteiger partial charge in [-0.05, 0) is 19.9 Å². The topological polar surface area (TPSA) is 67.3 Å². The third-order valence-corrected chi connectivity index (χ3v) is 2.72. The van der Waals surface area contributed by atoms with Gasteiger partial charge in [0.2, 0.25) is 0 Å². The van der Waals surface area contributed by atoms with Crippen LogP contribution >= 0.6 is 0 Å². The SMILES string of the molecule is CN(CC(O)Cn1cc(N)cn1)C1CC1. The molecule has 0 spiro atoms. The van der Waals surface area contributed by atoms with E-state index in [4.69, 9.17) is 5.73 Å². The summed E-state index contributed by atoms with van der Waals surface area (Å²) < 4.78 is 1.68. The first-order valence-corrected chi connectivity index (χ1v) is 5.31. The summed E-state index contributed by atoms with van der Waals surface area (Å²) in [6, 6.07) is 0.683. The number of nitrogens with two attached hydrogens (primary N) is 1. The standard InChI is InChI=1S/C10H18N4O/c1-13(9-2-3-9)6-10(15)7-14-5-8(11)4-12-14/h4-5,9-10,15H,2-3,6-7,11H2,1H3. The van der Waals surface area contributed by atoms with Crippen molar-refractivity contribution >= 4 is 5.69 Å². The second kappa shape index (κ2) is 4.20. The summed E-state index contributed by atoms with van der Waals surface area (Å²) in [7, 11) is 2.05. The quantitative estimate of drug-likeness (QED) is 0.713. The largest absolute Gasteiger partial charge is 0.396 e. The van der Waals surface area contributed by atoms with Crippen molar-refractivity contribution in [3.05, 3.63) is 12.4 Å². The van der Waals surface area contributed by atoms with E-state index >= 15 is 0 Å². The minimum Gasteiger partial charge on any atom is -0.396 e. The van der Waals surface area contributed by atoms with E-state index in [0.29, 0.717) is 24.8 Å². The number of rotatable bonds is 5. The molecule has 5 nitrogen and oxygen atoms in total. The maximum atomic E-state index is 9.82. The van der Waals surface area contributed by atoms with Crippen LogP contribution in [0.4, 0.5) is 5.69 Å². The Balaban J connectivity index is 1.78. The van der Waals surface area contributed by atoms with Crippen molar-refractivity contribution in [3.63, 3.8) is 0 Å². The summed E-state index contributed by atoms with van der Waals surface area (Å²) in [4.78, 5) is 2.21. The number of aromatic nitrogens is 2. The van der Waals surface area contributed by atoms with Gasteiger partial charge >= 0.3 is 0 Å². The van der Waals surface area contributed by atoms with E-state index < -0.39 is 0 Å². The van der Waals surface area contributed by atoms with Crippen molar-refractivity contribution in [2.75, 3.05) is 19.3 Å². The van der Waals surface area contributed by atoms with E-state index in [9.17, 15) is 5.11 Å². The Labute approximate surface area is 89.5 Å². The van der Waals surface area contributed by atoms with Crippen LogP contribution in [0.1, 0.15) is 12.8 Å². The number of likely N-dealkylation sites (N-methyl/N-ethyl adjacent to an activating group) is 1. The second-order valence-corrected chi connectivity index (χ2v) is 4.32. The molecule has 1 aliphatic carbocycles. The molecule has 0 amide bonds. The van der Waals surface area contributed by atoms with E-state index in [2.05, 4.69) is 17.0 Å². The lowest BCUT2D eigenvalue weighted by Crippen LogP contribution is -2.33. The molecule has 0 bridgehead atoms. The predicted octanol–water partition coefficient (Wildman–Crippen LogP) is -0.0796. The van der Waals surface area contributed by atoms with Gasteiger partial charge in [-0.15, -0.1) is 0 Å². The minimum absolute atomic E-state index is 0.380. The molecule has 1 fully saturated rings. The Kier molecular flexibility index (Phi) is 2.93. The first-order chi connectivity index (χ1) is 7.15. The molecular formula is C10H18N4O. The van der Waals surface area contributed by atoms with Crippen molar-refractivity contribution < 1.29 is 5.11 Å². The smallest absolute Gasteiger partial charge is 0.0862 e. The van der Waals surface area contributed by atoms with E-state index in [1.807, 2.05) is 0 Å². The fourth-order valence-corrected chi connectivity index (χ4v) is 1.75. The van der Waals surface area contributed by atoms with Crippen LogP contribution in [-0.2, 0) is 6.54 Å². The van der Waals surface area contributed by atoms with Crippen LogP contribution in [0, 0.1) is 0 Å². The van der Waals surface area contributed by atoms with Crippen LogP contribution in [-0.4, -0.2) is 45.5 Å². The van der Waals surface area contributed by atoms with Crippen LogP contribution < -0.4 is 5.73 Å². The first kappa shape index (κ1) is 10.4. The van der Waals surface area contributed by atoms with Gasteiger partial charge in [-0.25, -0.2) is 0 Å². The fourth-order valence-electron chi connectivity index (χ4n) is 1.75. The summed E-state index contributed by atoms with van der Waals surface area (Å²) in [5, 5.41) is 13.9. The highest BCUT2D eigenvalue weighted by atomic mass is 16.3. The molecule has 1 atom stereocenters. The molecule has 1 aliphatic rings. The van der Waals surface area contributed by atoms with Gasteiger partial charge in [0.15, 0.2) is 0 Å². The van der Waals surface area contributed by atoms with Gasteiger partial charge in [-0.2, -0.15) is 5.10 Å². The van der Waals surface area contributed by atoms with E-state index in [0.717, 1.165) is 0 Å². The number of hydrogen-bond donors (Lipinski definition) is 2. The number of anilines is 1. The van der Waals surface area contributed by atoms with Gasteiger partial charge in [0.05, 0.1) is 24.5 Å². The van der Waals surface area contributed by atoms with Gasteiger partial charge in [0, 0.05) is 18.8 Å². The zero-order chi connectivity index (χ0) is 10.8. The summed E-state index contributed by atoms with van der Waals surface area (Å²) in [6.07, 6.45) is 5.47. The Morgan fingerprint density at radius 1 is 1.73 bits per heavy atom. The van der Waals surface area contributed by atoms with Crippen LogP contribution in [0.5, 0.6) is 0 Å². The van der Waals surface area contributed by atoms with Crippen LogP contribution in [0.15, 0.2) is 12.4 Å². The third kappa shape index (κ3) is 2.94. The van der Waals surface area contributed by atoms with Crippen molar-refractivity contribution in [1.82, 2.24) is 14.7 Å². The Morgan fingerprint density at radius 2 is 2.47 bits per heavy atom. The minimum atomic E-state index is -0.380. The lowest BCUT2D eigenvalue weighted by atomic mass is 10.3. The average molecular weight is 210 g/mol. The second-order valence-electron chi connectivity index (χ2n) is 4.32. The maximum Gasteiger partial charge on any atom is 0.0862 e. The number of nitrogens with zero attached hydrogens (tertiary/aromatic N) is 3. The van der Waals surface area contributed by atoms with Gasteiger partial charge in [-0.1, -0.05) is 0 Å². The molecule has 0 aliphatic heterocycles. The zero-order valence-electron chi connectivity index (χ0n) is 9.00. The number of nitrogen functional groups attached to an aromatic ring is 1. The molecule has 1 heterocycles. The molecule has 1 unspecified atom stereocenters. The molecule has 2 rings (SSSR count). The lowest BCUT2D eigenvalue weighted by Gasteiger charge is -2.19.